The van der Waals surface area contributed by atoms with Crippen LogP contribution in [0.2, 0.25) is 51.4 Å². The van der Waals surface area contributed by atoms with Gasteiger partial charge >= 0.3 is 37.9 Å². The van der Waals surface area contributed by atoms with Gasteiger partial charge < -0.3 is 14.9 Å². The number of rotatable bonds is 8. The van der Waals surface area contributed by atoms with Crippen LogP contribution in [-0.2, 0) is 33.7 Å². The van der Waals surface area contributed by atoms with Gasteiger partial charge in [-0.3, -0.25) is 0 Å². The van der Waals surface area contributed by atoms with E-state index in [2.05, 4.69) is 136 Å². The minimum atomic E-state index is -1.21. The number of benzene rings is 4. The first-order chi connectivity index (χ1) is 20.5. The maximum absolute atomic E-state index is 4.93. The quantitative estimate of drug-likeness (QED) is 0.124. The summed E-state index contributed by atoms with van der Waals surface area (Å²) in [7, 11) is 7.48. The Morgan fingerprint density at radius 2 is 1.11 bits per heavy atom. The molecular weight excluding hydrogens is 699 g/mol. The van der Waals surface area contributed by atoms with E-state index in [0.29, 0.717) is 11.8 Å². The average Bonchev–Trinajstić information content (AvgIpc) is 3.45. The first-order valence-electron chi connectivity index (χ1n) is 15.5. The summed E-state index contributed by atoms with van der Waals surface area (Å²) in [5, 5.41) is 2.85. The SMILES string of the molecule is C[Si](C)(C)CC1=CC(Cc2cccc3cccc(CC4=CC(C[Si](C)(C)C)c5ccccc54)c23)c2ccccc21.[CH3-].[CH3-].[Cl][Zr+2][Cl]. The van der Waals surface area contributed by atoms with Crippen LogP contribution in [0.3, 0.4) is 0 Å². The van der Waals surface area contributed by atoms with Gasteiger partial charge in [0, 0.05) is 28.0 Å². The summed E-state index contributed by atoms with van der Waals surface area (Å²) in [6.45, 7) is 15.0. The zero-order chi connectivity index (χ0) is 30.8. The molecule has 2 unspecified atom stereocenters. The molecule has 45 heavy (non-hydrogen) atoms. The van der Waals surface area contributed by atoms with Crippen LogP contribution < -0.4 is 0 Å². The van der Waals surface area contributed by atoms with E-state index in [9.17, 15) is 0 Å². The van der Waals surface area contributed by atoms with Crippen LogP contribution in [0.5, 0.6) is 0 Å². The number of hydrogen-bond acceptors (Lipinski definition) is 0. The second kappa shape index (κ2) is 16.1. The zero-order valence-electron chi connectivity index (χ0n) is 28.5. The fraction of sp³-hybridized carbons (Fsp3) is 0.300. The van der Waals surface area contributed by atoms with Crippen molar-refractivity contribution in [3.05, 3.63) is 145 Å². The predicted octanol–water partition coefficient (Wildman–Crippen LogP) is 13.2. The molecule has 0 nitrogen and oxygen atoms in total. The second-order valence-electron chi connectivity index (χ2n) is 14.7. The van der Waals surface area contributed by atoms with Gasteiger partial charge in [0.1, 0.15) is 0 Å². The number of halogens is 2. The van der Waals surface area contributed by atoms with Crippen LogP contribution in [0.15, 0.2) is 97.1 Å². The van der Waals surface area contributed by atoms with Gasteiger partial charge in [-0.2, -0.15) is 0 Å². The van der Waals surface area contributed by atoms with Gasteiger partial charge in [0.15, 0.2) is 0 Å². The van der Waals surface area contributed by atoms with Crippen LogP contribution in [0, 0.1) is 14.9 Å². The molecule has 2 aliphatic rings. The van der Waals surface area contributed by atoms with E-state index >= 15 is 0 Å². The molecule has 4 aromatic rings. The molecule has 0 N–H and O–H groups in total. The van der Waals surface area contributed by atoms with Gasteiger partial charge in [-0.25, -0.2) is 0 Å². The first-order valence-corrected chi connectivity index (χ1v) is 29.3. The Kier molecular flexibility index (Phi) is 13.6. The summed E-state index contributed by atoms with van der Waals surface area (Å²) in [5.74, 6) is 1.02. The average molecular weight is 749 g/mol. The third-order valence-corrected chi connectivity index (χ3v) is 11.8. The van der Waals surface area contributed by atoms with E-state index in [1.54, 1.807) is 11.1 Å². The van der Waals surface area contributed by atoms with Crippen LogP contribution in [0.25, 0.3) is 21.9 Å². The van der Waals surface area contributed by atoms with Crippen LogP contribution in [-0.4, -0.2) is 16.1 Å². The van der Waals surface area contributed by atoms with E-state index in [0.717, 1.165) is 12.8 Å². The normalized spacial score (nSPS) is 16.6. The molecule has 6 rings (SSSR count). The third-order valence-electron chi connectivity index (χ3n) is 8.67. The molecule has 2 atom stereocenters. The number of fused-ring (bicyclic) bond motifs is 3. The molecule has 0 radical (unpaired) electrons. The molecule has 0 aromatic heterocycles. The van der Waals surface area contributed by atoms with Crippen molar-refractivity contribution in [2.75, 3.05) is 0 Å². The summed E-state index contributed by atoms with van der Waals surface area (Å²) in [6, 6.07) is 34.9. The van der Waals surface area contributed by atoms with Gasteiger partial charge in [-0.05, 0) is 80.2 Å². The zero-order valence-corrected chi connectivity index (χ0v) is 34.4. The summed E-state index contributed by atoms with van der Waals surface area (Å²) in [4.78, 5) is 0. The topological polar surface area (TPSA) is 0 Å². The Bertz CT molecular complexity index is 1650. The van der Waals surface area contributed by atoms with Crippen molar-refractivity contribution in [3.63, 3.8) is 0 Å². The van der Waals surface area contributed by atoms with E-state index < -0.39 is 37.0 Å². The Morgan fingerprint density at radius 1 is 0.600 bits per heavy atom. The van der Waals surface area contributed by atoms with E-state index in [1.807, 2.05) is 0 Å². The van der Waals surface area contributed by atoms with Crippen molar-refractivity contribution >= 4 is 55.1 Å². The molecule has 0 heterocycles. The molecule has 0 bridgehead atoms. The molecule has 0 saturated carbocycles. The van der Waals surface area contributed by atoms with Crippen molar-refractivity contribution in [2.45, 2.75) is 76.0 Å². The summed E-state index contributed by atoms with van der Waals surface area (Å²) in [5.41, 5.74) is 12.1. The van der Waals surface area contributed by atoms with Crippen molar-refractivity contribution < 1.29 is 20.8 Å². The molecule has 0 saturated heterocycles. The monoisotopic (exact) mass is 746 g/mol. The molecule has 2 aliphatic carbocycles. The minimum absolute atomic E-state index is 0. The van der Waals surface area contributed by atoms with Crippen molar-refractivity contribution in [1.82, 2.24) is 0 Å². The fourth-order valence-electron chi connectivity index (χ4n) is 7.21. The van der Waals surface area contributed by atoms with E-state index in [4.69, 9.17) is 17.0 Å². The van der Waals surface area contributed by atoms with Crippen molar-refractivity contribution in [3.8, 4) is 0 Å². The van der Waals surface area contributed by atoms with Gasteiger partial charge in [-0.1, -0.05) is 136 Å². The molecule has 236 valence electrons. The number of hydrogen-bond donors (Lipinski definition) is 0. The Morgan fingerprint density at radius 3 is 1.69 bits per heavy atom. The summed E-state index contributed by atoms with van der Waals surface area (Å²) < 4.78 is 0. The predicted molar refractivity (Wildman–Crippen MR) is 207 cm³/mol. The summed E-state index contributed by atoms with van der Waals surface area (Å²) >= 11 is -0.826. The molecule has 0 spiro atoms. The van der Waals surface area contributed by atoms with Crippen LogP contribution in [0.1, 0.15) is 45.2 Å². The van der Waals surface area contributed by atoms with Gasteiger partial charge in [-0.15, -0.1) is 0 Å². The van der Waals surface area contributed by atoms with Gasteiger partial charge in [0.05, 0.1) is 0 Å². The van der Waals surface area contributed by atoms with Gasteiger partial charge in [0.25, 0.3) is 0 Å². The second-order valence-corrected chi connectivity index (χ2v) is 29.4. The van der Waals surface area contributed by atoms with Gasteiger partial charge in [0.2, 0.25) is 0 Å². The van der Waals surface area contributed by atoms with Crippen molar-refractivity contribution in [2.24, 2.45) is 0 Å². The molecule has 0 aliphatic heterocycles. The molecule has 0 amide bonds. The fourth-order valence-corrected chi connectivity index (χ4v) is 10.3. The van der Waals surface area contributed by atoms with E-state index in [-0.39, 0.29) is 14.9 Å². The van der Waals surface area contributed by atoms with Crippen molar-refractivity contribution in [1.29, 1.82) is 0 Å². The van der Waals surface area contributed by atoms with Crippen LogP contribution >= 0.6 is 17.0 Å². The van der Waals surface area contributed by atoms with Crippen LogP contribution in [0.4, 0.5) is 0 Å². The summed E-state index contributed by atoms with van der Waals surface area (Å²) in [6.07, 6.45) is 7.30. The standard InChI is InChI=1S/C38H44Si2.2CH3.2ClH.Zr/c1-39(2,3)25-32-23-30(34-17-7-9-19-36(32)34)21-28-15-11-13-27-14-12-16-29(38(27)28)22-31-24-33(26-40(4,5)6)37-20-10-8-18-35(31)37;;;;;/h7-20,23-24,30,33H,21-22,25-26H2,1-6H3;2*1H3;2*1H;/q;2*-1;;;+4/p-2. The first kappa shape index (κ1) is 38.0. The Balaban J connectivity index is 0.00000106. The molecule has 5 heteroatoms. The Hall–Kier alpha value is -1.48. The molecule has 0 fully saturated rings. The molecular formula is C40H50Cl2Si2Zr. The maximum atomic E-state index is 4.93. The number of allylic oxidation sites excluding steroid dienone is 4. The molecule has 4 aromatic carbocycles. The third kappa shape index (κ3) is 9.32. The Labute approximate surface area is 295 Å². The van der Waals surface area contributed by atoms with E-state index in [1.165, 1.54) is 56.3 Å².